The standard InChI is InChI=1S/C13H21NO2S/c1-3-7-12-8-5-6-9-13(12)14-10-11-17(15,16)4-2/h5-6,8-9,14H,3-4,7,10-11H2,1-2H3. The number of anilines is 1. The zero-order chi connectivity index (χ0) is 12.7. The molecule has 4 heteroatoms. The number of nitrogens with one attached hydrogen (secondary N) is 1. The van der Waals surface area contributed by atoms with Gasteiger partial charge in [0.15, 0.2) is 9.84 Å². The third-order valence-corrected chi connectivity index (χ3v) is 4.41. The van der Waals surface area contributed by atoms with Gasteiger partial charge >= 0.3 is 0 Å². The van der Waals surface area contributed by atoms with Crippen LogP contribution in [0.2, 0.25) is 0 Å². The number of benzene rings is 1. The minimum Gasteiger partial charge on any atom is -0.384 e. The second-order valence-corrected chi connectivity index (χ2v) is 6.54. The summed E-state index contributed by atoms with van der Waals surface area (Å²) >= 11 is 0. The highest BCUT2D eigenvalue weighted by molar-refractivity contribution is 7.91. The Bertz CT molecular complexity index is 440. The SMILES string of the molecule is CCCc1ccccc1NCCS(=O)(=O)CC. The Morgan fingerprint density at radius 2 is 1.88 bits per heavy atom. The van der Waals surface area contributed by atoms with Crippen LogP contribution in [-0.4, -0.2) is 26.5 Å². The molecular weight excluding hydrogens is 234 g/mol. The summed E-state index contributed by atoms with van der Waals surface area (Å²) in [7, 11) is -2.88. The van der Waals surface area contributed by atoms with E-state index in [9.17, 15) is 8.42 Å². The first kappa shape index (κ1) is 14.0. The number of sulfone groups is 1. The third-order valence-electron chi connectivity index (χ3n) is 2.71. The summed E-state index contributed by atoms with van der Waals surface area (Å²) in [6.45, 7) is 4.30. The predicted molar refractivity (Wildman–Crippen MR) is 73.3 cm³/mol. The van der Waals surface area contributed by atoms with E-state index in [-0.39, 0.29) is 11.5 Å². The molecule has 1 rings (SSSR count). The molecule has 0 saturated heterocycles. The molecule has 0 bridgehead atoms. The lowest BCUT2D eigenvalue weighted by molar-refractivity contribution is 0.597. The highest BCUT2D eigenvalue weighted by atomic mass is 32.2. The molecule has 96 valence electrons. The van der Waals surface area contributed by atoms with Gasteiger partial charge in [-0.05, 0) is 18.1 Å². The maximum absolute atomic E-state index is 11.4. The van der Waals surface area contributed by atoms with Crippen LogP contribution in [0.4, 0.5) is 5.69 Å². The first-order chi connectivity index (χ1) is 8.09. The van der Waals surface area contributed by atoms with Crippen LogP contribution < -0.4 is 5.32 Å². The van der Waals surface area contributed by atoms with Crippen LogP contribution in [-0.2, 0) is 16.3 Å². The van der Waals surface area contributed by atoms with E-state index in [0.717, 1.165) is 18.5 Å². The van der Waals surface area contributed by atoms with Crippen molar-refractivity contribution in [3.63, 3.8) is 0 Å². The van der Waals surface area contributed by atoms with Crippen molar-refractivity contribution >= 4 is 15.5 Å². The summed E-state index contributed by atoms with van der Waals surface area (Å²) in [5, 5.41) is 3.21. The molecule has 17 heavy (non-hydrogen) atoms. The fraction of sp³-hybridized carbons (Fsp3) is 0.538. The third kappa shape index (κ3) is 4.77. The van der Waals surface area contributed by atoms with Crippen molar-refractivity contribution < 1.29 is 8.42 Å². The van der Waals surface area contributed by atoms with E-state index >= 15 is 0 Å². The smallest absolute Gasteiger partial charge is 0.151 e. The molecule has 0 amide bonds. The van der Waals surface area contributed by atoms with Crippen molar-refractivity contribution in [2.24, 2.45) is 0 Å². The summed E-state index contributed by atoms with van der Waals surface area (Å²) in [5.74, 6) is 0.412. The first-order valence-electron chi connectivity index (χ1n) is 6.11. The Morgan fingerprint density at radius 1 is 1.18 bits per heavy atom. The fourth-order valence-electron chi connectivity index (χ4n) is 1.67. The highest BCUT2D eigenvalue weighted by Gasteiger charge is 2.07. The topological polar surface area (TPSA) is 46.2 Å². The number of rotatable bonds is 7. The fourth-order valence-corrected chi connectivity index (χ4v) is 2.37. The zero-order valence-electron chi connectivity index (χ0n) is 10.6. The van der Waals surface area contributed by atoms with Crippen molar-refractivity contribution in [2.75, 3.05) is 23.4 Å². The Morgan fingerprint density at radius 3 is 2.53 bits per heavy atom. The molecule has 0 heterocycles. The van der Waals surface area contributed by atoms with Crippen LogP contribution in [0.5, 0.6) is 0 Å². The van der Waals surface area contributed by atoms with Crippen LogP contribution in [0.3, 0.4) is 0 Å². The van der Waals surface area contributed by atoms with E-state index in [2.05, 4.69) is 18.3 Å². The van der Waals surface area contributed by atoms with Gasteiger partial charge in [-0.2, -0.15) is 0 Å². The minimum absolute atomic E-state index is 0.198. The molecule has 1 N–H and O–H groups in total. The van der Waals surface area contributed by atoms with Crippen molar-refractivity contribution in [3.8, 4) is 0 Å². The van der Waals surface area contributed by atoms with Crippen molar-refractivity contribution in [1.29, 1.82) is 0 Å². The van der Waals surface area contributed by atoms with E-state index in [4.69, 9.17) is 0 Å². The molecule has 0 unspecified atom stereocenters. The molecule has 0 aliphatic rings. The molecule has 0 radical (unpaired) electrons. The van der Waals surface area contributed by atoms with Gasteiger partial charge in [-0.25, -0.2) is 8.42 Å². The van der Waals surface area contributed by atoms with Gasteiger partial charge in [-0.1, -0.05) is 38.5 Å². The lowest BCUT2D eigenvalue weighted by Crippen LogP contribution is -2.17. The van der Waals surface area contributed by atoms with Gasteiger partial charge in [0.1, 0.15) is 0 Å². The number of para-hydroxylation sites is 1. The van der Waals surface area contributed by atoms with Gasteiger partial charge in [0, 0.05) is 18.0 Å². The van der Waals surface area contributed by atoms with E-state index < -0.39 is 9.84 Å². The molecule has 0 aromatic heterocycles. The van der Waals surface area contributed by atoms with Crippen LogP contribution in [0, 0.1) is 0 Å². The molecule has 0 aliphatic heterocycles. The molecule has 0 atom stereocenters. The number of aryl methyl sites for hydroxylation is 1. The summed E-state index contributed by atoms with van der Waals surface area (Å²) in [6.07, 6.45) is 2.11. The van der Waals surface area contributed by atoms with E-state index in [0.29, 0.717) is 6.54 Å². The molecule has 0 fully saturated rings. The van der Waals surface area contributed by atoms with Gasteiger partial charge in [0.25, 0.3) is 0 Å². The average molecular weight is 255 g/mol. The summed E-state index contributed by atoms with van der Waals surface area (Å²) < 4.78 is 22.7. The Labute approximate surface area is 104 Å². The second-order valence-electron chi connectivity index (χ2n) is 4.07. The second kappa shape index (κ2) is 6.64. The van der Waals surface area contributed by atoms with Gasteiger partial charge in [0.05, 0.1) is 5.75 Å². The van der Waals surface area contributed by atoms with Crippen molar-refractivity contribution in [1.82, 2.24) is 0 Å². The summed E-state index contributed by atoms with van der Waals surface area (Å²) in [6, 6.07) is 8.07. The maximum atomic E-state index is 11.4. The van der Waals surface area contributed by atoms with Gasteiger partial charge in [-0.15, -0.1) is 0 Å². The predicted octanol–water partition coefficient (Wildman–Crippen LogP) is 2.49. The quantitative estimate of drug-likeness (QED) is 0.814. The number of hydrogen-bond acceptors (Lipinski definition) is 3. The van der Waals surface area contributed by atoms with Crippen LogP contribution in [0.25, 0.3) is 0 Å². The lowest BCUT2D eigenvalue weighted by atomic mass is 10.1. The lowest BCUT2D eigenvalue weighted by Gasteiger charge is -2.11. The van der Waals surface area contributed by atoms with Crippen LogP contribution in [0.1, 0.15) is 25.8 Å². The minimum atomic E-state index is -2.88. The molecular formula is C13H21NO2S. The van der Waals surface area contributed by atoms with Crippen molar-refractivity contribution in [3.05, 3.63) is 29.8 Å². The summed E-state index contributed by atoms with van der Waals surface area (Å²) in [4.78, 5) is 0. The molecule has 0 aliphatic carbocycles. The molecule has 0 spiro atoms. The average Bonchev–Trinajstić information content (AvgIpc) is 2.31. The first-order valence-corrected chi connectivity index (χ1v) is 7.93. The maximum Gasteiger partial charge on any atom is 0.151 e. The molecule has 0 saturated carbocycles. The Kier molecular flexibility index (Phi) is 5.48. The largest absolute Gasteiger partial charge is 0.384 e. The van der Waals surface area contributed by atoms with Gasteiger partial charge in [-0.3, -0.25) is 0 Å². The normalized spacial score (nSPS) is 11.4. The summed E-state index contributed by atoms with van der Waals surface area (Å²) in [5.41, 5.74) is 2.31. The Hall–Kier alpha value is -1.03. The molecule has 1 aromatic rings. The van der Waals surface area contributed by atoms with Crippen LogP contribution >= 0.6 is 0 Å². The monoisotopic (exact) mass is 255 g/mol. The zero-order valence-corrected chi connectivity index (χ0v) is 11.4. The number of hydrogen-bond donors (Lipinski definition) is 1. The Balaban J connectivity index is 2.57. The molecule has 1 aromatic carbocycles. The van der Waals surface area contributed by atoms with E-state index in [1.807, 2.05) is 18.2 Å². The molecule has 3 nitrogen and oxygen atoms in total. The van der Waals surface area contributed by atoms with Crippen molar-refractivity contribution in [2.45, 2.75) is 26.7 Å². The van der Waals surface area contributed by atoms with E-state index in [1.165, 1.54) is 5.56 Å². The highest BCUT2D eigenvalue weighted by Crippen LogP contribution is 2.16. The van der Waals surface area contributed by atoms with Gasteiger partial charge in [0.2, 0.25) is 0 Å². The van der Waals surface area contributed by atoms with E-state index in [1.54, 1.807) is 6.92 Å². The van der Waals surface area contributed by atoms with Crippen LogP contribution in [0.15, 0.2) is 24.3 Å². The van der Waals surface area contributed by atoms with Gasteiger partial charge < -0.3 is 5.32 Å².